The number of rotatable bonds is 5. The van der Waals surface area contributed by atoms with Crippen LogP contribution in [-0.4, -0.2) is 72.5 Å². The summed E-state index contributed by atoms with van der Waals surface area (Å²) in [5.74, 6) is -0.319. The van der Waals surface area contributed by atoms with E-state index in [1.807, 2.05) is 0 Å². The van der Waals surface area contributed by atoms with Gasteiger partial charge in [-0.25, -0.2) is 9.59 Å². The summed E-state index contributed by atoms with van der Waals surface area (Å²) in [6, 6.07) is 0. The third-order valence-electron chi connectivity index (χ3n) is 10.0. The Morgan fingerprint density at radius 3 is 2.91 bits per heavy atom. The van der Waals surface area contributed by atoms with Crippen LogP contribution in [0.15, 0.2) is 23.3 Å². The highest BCUT2D eigenvalue weighted by Gasteiger charge is 2.99. The molecule has 7 aliphatic rings. The molecule has 8 nitrogen and oxygen atoms in total. The summed E-state index contributed by atoms with van der Waals surface area (Å²) in [5.41, 5.74) is -0.686. The third-order valence-corrected chi connectivity index (χ3v) is 10.0. The van der Waals surface area contributed by atoms with E-state index in [1.165, 1.54) is 13.2 Å². The number of aliphatic hydroxyl groups is 1. The van der Waals surface area contributed by atoms with Crippen molar-refractivity contribution in [1.82, 2.24) is 0 Å². The van der Waals surface area contributed by atoms with E-state index in [0.717, 1.165) is 17.6 Å². The topological polar surface area (TPSA) is 107 Å². The Morgan fingerprint density at radius 2 is 2.15 bits per heavy atom. The highest BCUT2D eigenvalue weighted by Crippen LogP contribution is 2.88. The second kappa shape index (κ2) is 6.08. The Morgan fingerprint density at radius 1 is 1.33 bits per heavy atom. The normalized spacial score (nSPS) is 52.3. The number of cyclic esters (lactones) is 1. The van der Waals surface area contributed by atoms with Crippen LogP contribution >= 0.6 is 0 Å². The molecule has 3 heterocycles. The molecular weight excluding hydrogens is 428 g/mol. The Labute approximate surface area is 192 Å². The van der Waals surface area contributed by atoms with E-state index in [2.05, 4.69) is 18.6 Å². The van der Waals surface area contributed by atoms with Gasteiger partial charge in [0.2, 0.25) is 0 Å². The summed E-state index contributed by atoms with van der Waals surface area (Å²) in [6.07, 6.45) is 5.28. The van der Waals surface area contributed by atoms with Gasteiger partial charge in [0.25, 0.3) is 0 Å². The van der Waals surface area contributed by atoms with Gasteiger partial charge in [0.15, 0.2) is 0 Å². The van der Waals surface area contributed by atoms with Gasteiger partial charge in [-0.3, -0.25) is 0 Å². The van der Waals surface area contributed by atoms with Crippen LogP contribution in [0.1, 0.15) is 39.5 Å². The third kappa shape index (κ3) is 2.10. The molecule has 0 aromatic heterocycles. The predicted octanol–water partition coefficient (Wildman–Crippen LogP) is 1.45. The van der Waals surface area contributed by atoms with Gasteiger partial charge in [0, 0.05) is 28.9 Å². The SMILES string of the molecule is COC(=O)/C=C\CO[C@@H]1[C@@]2(C(C)C)O[C@H]2[C@@H]2C[C@]23[C@]12O[C@H]2C[C@H]1C2=C(CC[C@@]13O)C(=O)OC2. The number of methoxy groups -OCH3 is 1. The first-order valence-corrected chi connectivity index (χ1v) is 12.1. The van der Waals surface area contributed by atoms with Gasteiger partial charge in [-0.2, -0.15) is 0 Å². The highest BCUT2D eigenvalue weighted by atomic mass is 16.7. The van der Waals surface area contributed by atoms with Gasteiger partial charge in [-0.15, -0.1) is 0 Å². The molecule has 178 valence electrons. The predicted molar refractivity (Wildman–Crippen MR) is 112 cm³/mol. The zero-order valence-electron chi connectivity index (χ0n) is 19.2. The van der Waals surface area contributed by atoms with Crippen LogP contribution in [0.3, 0.4) is 0 Å². The molecular formula is C25H30O8. The number of fused-ring (bicyclic) bond motifs is 4. The van der Waals surface area contributed by atoms with Crippen LogP contribution in [0, 0.1) is 23.2 Å². The average Bonchev–Trinajstić information content (AvgIpc) is 3.68. The molecule has 33 heavy (non-hydrogen) atoms. The smallest absolute Gasteiger partial charge is 0.334 e. The van der Waals surface area contributed by atoms with E-state index in [9.17, 15) is 14.7 Å². The van der Waals surface area contributed by atoms with Gasteiger partial charge < -0.3 is 28.8 Å². The first kappa shape index (κ1) is 20.6. The van der Waals surface area contributed by atoms with Gasteiger partial charge in [-0.1, -0.05) is 19.9 Å². The van der Waals surface area contributed by atoms with Crippen molar-refractivity contribution in [1.29, 1.82) is 0 Å². The van der Waals surface area contributed by atoms with Crippen LogP contribution in [0.5, 0.6) is 0 Å². The molecule has 1 N–H and O–H groups in total. The van der Waals surface area contributed by atoms with Crippen LogP contribution in [0.4, 0.5) is 0 Å². The van der Waals surface area contributed by atoms with Crippen molar-refractivity contribution in [3.8, 4) is 0 Å². The maximum absolute atomic E-state index is 12.4. The molecule has 0 aromatic carbocycles. The number of epoxide rings is 2. The van der Waals surface area contributed by atoms with Gasteiger partial charge in [0.1, 0.15) is 23.9 Å². The molecule has 2 saturated heterocycles. The molecule has 8 heteroatoms. The van der Waals surface area contributed by atoms with E-state index >= 15 is 0 Å². The lowest BCUT2D eigenvalue weighted by atomic mass is 9.50. The minimum Gasteiger partial charge on any atom is -0.466 e. The number of hydrogen-bond donors (Lipinski definition) is 1. The van der Waals surface area contributed by atoms with Gasteiger partial charge >= 0.3 is 11.9 Å². The van der Waals surface area contributed by atoms with E-state index in [-0.39, 0.29) is 55.2 Å². The second-order valence-corrected chi connectivity index (χ2v) is 11.2. The first-order chi connectivity index (χ1) is 15.8. The van der Waals surface area contributed by atoms with Crippen LogP contribution in [0.25, 0.3) is 0 Å². The largest absolute Gasteiger partial charge is 0.466 e. The molecule has 0 radical (unpaired) electrons. The molecule has 0 amide bonds. The minimum absolute atomic E-state index is 0.0298. The molecule has 2 spiro atoms. The maximum Gasteiger partial charge on any atom is 0.334 e. The number of esters is 2. The maximum atomic E-state index is 12.4. The summed E-state index contributed by atoms with van der Waals surface area (Å²) in [7, 11) is 1.34. The van der Waals surface area contributed by atoms with Crippen molar-refractivity contribution < 1.29 is 38.4 Å². The molecule has 3 saturated carbocycles. The Kier molecular flexibility index (Phi) is 3.80. The first-order valence-electron chi connectivity index (χ1n) is 12.1. The monoisotopic (exact) mass is 458 g/mol. The van der Waals surface area contributed by atoms with E-state index in [1.54, 1.807) is 6.08 Å². The molecule has 9 atom stereocenters. The van der Waals surface area contributed by atoms with E-state index in [0.29, 0.717) is 19.3 Å². The fourth-order valence-electron chi connectivity index (χ4n) is 8.62. The van der Waals surface area contributed by atoms with Crippen molar-refractivity contribution in [2.75, 3.05) is 20.3 Å². The Hall–Kier alpha value is -1.74. The Bertz CT molecular complexity index is 1030. The lowest BCUT2D eigenvalue weighted by Gasteiger charge is -2.55. The standard InChI is InChI=1S/C25H30O8/c1-12(2)24-19(33-24)16-10-22(16)23(28)7-6-13-14(11-31-20(13)27)15(23)9-17-25(22,32-17)21(24)30-8-4-5-18(26)29-3/h4-5,12,15-17,19,21,28H,6-11H2,1-3H3/b5-4-/t15-,16-,17-,19-,21+,22-,23+,24-,25+/m0/s1. The Balaban J connectivity index is 1.27. The lowest BCUT2D eigenvalue weighted by Crippen LogP contribution is -2.69. The molecule has 0 unspecified atom stereocenters. The number of hydrogen-bond acceptors (Lipinski definition) is 8. The molecule has 0 bridgehead atoms. The number of carbonyl (C=O) groups is 2. The number of carbonyl (C=O) groups excluding carboxylic acids is 2. The molecule has 4 aliphatic carbocycles. The van der Waals surface area contributed by atoms with Crippen molar-refractivity contribution >= 4 is 11.9 Å². The molecule has 0 aromatic rings. The molecule has 5 fully saturated rings. The van der Waals surface area contributed by atoms with Crippen molar-refractivity contribution in [3.05, 3.63) is 23.3 Å². The summed E-state index contributed by atoms with van der Waals surface area (Å²) in [5, 5.41) is 12.4. The summed E-state index contributed by atoms with van der Waals surface area (Å²) in [6.45, 7) is 4.84. The van der Waals surface area contributed by atoms with E-state index < -0.39 is 28.2 Å². The van der Waals surface area contributed by atoms with Crippen molar-refractivity contribution in [2.45, 2.75) is 74.6 Å². The lowest BCUT2D eigenvalue weighted by molar-refractivity contribution is -0.175. The van der Waals surface area contributed by atoms with Crippen molar-refractivity contribution in [3.63, 3.8) is 0 Å². The summed E-state index contributed by atoms with van der Waals surface area (Å²) >= 11 is 0. The molecule has 3 aliphatic heterocycles. The van der Waals surface area contributed by atoms with Crippen LogP contribution in [0.2, 0.25) is 0 Å². The fourth-order valence-corrected chi connectivity index (χ4v) is 8.62. The highest BCUT2D eigenvalue weighted by molar-refractivity contribution is 5.92. The van der Waals surface area contributed by atoms with Crippen molar-refractivity contribution in [2.24, 2.45) is 23.2 Å². The van der Waals surface area contributed by atoms with Gasteiger partial charge in [0.05, 0.1) is 31.5 Å². The summed E-state index contributed by atoms with van der Waals surface area (Å²) < 4.78 is 29.6. The average molecular weight is 459 g/mol. The summed E-state index contributed by atoms with van der Waals surface area (Å²) in [4.78, 5) is 23.7. The van der Waals surface area contributed by atoms with E-state index in [4.69, 9.17) is 18.9 Å². The zero-order chi connectivity index (χ0) is 23.0. The fraction of sp³-hybridized carbons (Fsp3) is 0.760. The minimum atomic E-state index is -0.962. The van der Waals surface area contributed by atoms with Gasteiger partial charge in [-0.05, 0) is 37.2 Å². The zero-order valence-corrected chi connectivity index (χ0v) is 19.2. The quantitative estimate of drug-likeness (QED) is 0.375. The van der Waals surface area contributed by atoms with Crippen LogP contribution < -0.4 is 0 Å². The molecule has 7 rings (SSSR count). The van der Waals surface area contributed by atoms with Crippen LogP contribution in [-0.2, 0) is 33.3 Å². The number of ether oxygens (including phenoxy) is 5. The second-order valence-electron chi connectivity index (χ2n) is 11.2.